The molecule has 0 aromatic heterocycles. The maximum absolute atomic E-state index is 12.4. The van der Waals surface area contributed by atoms with Crippen molar-refractivity contribution in [1.29, 1.82) is 0 Å². The number of ether oxygens (including phenoxy) is 3. The van der Waals surface area contributed by atoms with Crippen molar-refractivity contribution >= 4 is 17.6 Å². The van der Waals surface area contributed by atoms with Gasteiger partial charge in [-0.2, -0.15) is 0 Å². The molecule has 0 spiro atoms. The predicted molar refractivity (Wildman–Crippen MR) is 98.4 cm³/mol. The van der Waals surface area contributed by atoms with E-state index in [0.29, 0.717) is 29.4 Å². The smallest absolute Gasteiger partial charge is 0.341 e. The first-order valence-electron chi connectivity index (χ1n) is 8.70. The van der Waals surface area contributed by atoms with Crippen LogP contribution in [0.5, 0.6) is 11.5 Å². The molecule has 3 rings (SSSR count). The van der Waals surface area contributed by atoms with Crippen LogP contribution in [0.15, 0.2) is 48.5 Å². The van der Waals surface area contributed by atoms with Crippen LogP contribution in [0.3, 0.4) is 0 Å². The van der Waals surface area contributed by atoms with Gasteiger partial charge in [-0.1, -0.05) is 6.07 Å². The Morgan fingerprint density at radius 2 is 1.93 bits per heavy atom. The van der Waals surface area contributed by atoms with Gasteiger partial charge < -0.3 is 24.6 Å². The number of hydrogen-bond donors (Lipinski definition) is 2. The largest absolute Gasteiger partial charge is 0.491 e. The summed E-state index contributed by atoms with van der Waals surface area (Å²) in [7, 11) is 0. The average molecular weight is 371 g/mol. The number of amides is 1. The van der Waals surface area contributed by atoms with Gasteiger partial charge in [0.05, 0.1) is 6.10 Å². The van der Waals surface area contributed by atoms with E-state index in [0.717, 1.165) is 19.4 Å². The summed E-state index contributed by atoms with van der Waals surface area (Å²) in [5.74, 6) is -0.290. The highest BCUT2D eigenvalue weighted by Gasteiger charge is 2.16. The molecule has 1 aliphatic heterocycles. The number of benzene rings is 2. The first-order chi connectivity index (χ1) is 13.1. The molecule has 2 N–H and O–H groups in total. The van der Waals surface area contributed by atoms with Crippen molar-refractivity contribution in [3.8, 4) is 11.5 Å². The van der Waals surface area contributed by atoms with Crippen molar-refractivity contribution in [3.05, 3.63) is 54.1 Å². The molecular formula is C20H21NO6. The molecule has 7 nitrogen and oxygen atoms in total. The van der Waals surface area contributed by atoms with E-state index in [9.17, 15) is 9.59 Å². The summed E-state index contributed by atoms with van der Waals surface area (Å²) in [5, 5.41) is 11.4. The molecule has 142 valence electrons. The first kappa shape index (κ1) is 18.7. The van der Waals surface area contributed by atoms with Crippen LogP contribution in [0.1, 0.15) is 23.2 Å². The summed E-state index contributed by atoms with van der Waals surface area (Å²) >= 11 is 0. The van der Waals surface area contributed by atoms with Crippen LogP contribution >= 0.6 is 0 Å². The lowest BCUT2D eigenvalue weighted by Gasteiger charge is -2.12. The second-order valence-electron chi connectivity index (χ2n) is 6.13. The third-order valence-electron chi connectivity index (χ3n) is 4.03. The van der Waals surface area contributed by atoms with E-state index in [1.165, 1.54) is 0 Å². The SMILES string of the molecule is O=C(O)COc1cccc(NC(=O)c2ccc(OCC3CCCO3)cc2)c1. The number of carboxylic acid groups (broad SMARTS) is 1. The zero-order valence-electron chi connectivity index (χ0n) is 14.7. The van der Waals surface area contributed by atoms with Crippen molar-refractivity contribution in [2.75, 3.05) is 25.1 Å². The lowest BCUT2D eigenvalue weighted by atomic mass is 10.2. The summed E-state index contributed by atoms with van der Waals surface area (Å²) in [6, 6.07) is 13.4. The van der Waals surface area contributed by atoms with Crippen LogP contribution in [0.2, 0.25) is 0 Å². The Kier molecular flexibility index (Phi) is 6.27. The molecule has 1 atom stereocenters. The van der Waals surface area contributed by atoms with Crippen LogP contribution in [-0.2, 0) is 9.53 Å². The summed E-state index contributed by atoms with van der Waals surface area (Å²) < 4.78 is 16.3. The Labute approximate surface area is 156 Å². The van der Waals surface area contributed by atoms with Crippen molar-refractivity contribution in [3.63, 3.8) is 0 Å². The number of carbonyl (C=O) groups is 2. The van der Waals surface area contributed by atoms with Crippen molar-refractivity contribution in [2.45, 2.75) is 18.9 Å². The van der Waals surface area contributed by atoms with E-state index in [1.807, 2.05) is 0 Å². The second kappa shape index (κ2) is 9.05. The third-order valence-corrected chi connectivity index (χ3v) is 4.03. The van der Waals surface area contributed by atoms with Gasteiger partial charge in [0.1, 0.15) is 18.1 Å². The maximum Gasteiger partial charge on any atom is 0.341 e. The van der Waals surface area contributed by atoms with Crippen molar-refractivity contribution in [1.82, 2.24) is 0 Å². The Bertz CT molecular complexity index is 783. The Morgan fingerprint density at radius 1 is 1.11 bits per heavy atom. The number of aliphatic carboxylic acids is 1. The van der Waals surface area contributed by atoms with Gasteiger partial charge in [-0.25, -0.2) is 4.79 Å². The summed E-state index contributed by atoms with van der Waals surface area (Å²) in [5.41, 5.74) is 0.998. The number of carbonyl (C=O) groups excluding carboxylic acids is 1. The van der Waals surface area contributed by atoms with Gasteiger partial charge in [-0.05, 0) is 49.2 Å². The number of anilines is 1. The fourth-order valence-electron chi connectivity index (χ4n) is 2.68. The van der Waals surface area contributed by atoms with Gasteiger partial charge >= 0.3 is 5.97 Å². The third kappa shape index (κ3) is 5.72. The van der Waals surface area contributed by atoms with E-state index in [4.69, 9.17) is 19.3 Å². The van der Waals surface area contributed by atoms with Gasteiger partial charge in [-0.15, -0.1) is 0 Å². The van der Waals surface area contributed by atoms with E-state index in [1.54, 1.807) is 48.5 Å². The minimum absolute atomic E-state index is 0.142. The molecule has 7 heteroatoms. The lowest BCUT2D eigenvalue weighted by molar-refractivity contribution is -0.139. The zero-order valence-corrected chi connectivity index (χ0v) is 14.7. The molecule has 1 unspecified atom stereocenters. The van der Waals surface area contributed by atoms with E-state index in [2.05, 4.69) is 5.32 Å². The lowest BCUT2D eigenvalue weighted by Crippen LogP contribution is -2.16. The highest BCUT2D eigenvalue weighted by Crippen LogP contribution is 2.20. The average Bonchev–Trinajstić information content (AvgIpc) is 3.19. The fourth-order valence-corrected chi connectivity index (χ4v) is 2.68. The molecule has 1 amide bonds. The van der Waals surface area contributed by atoms with Crippen LogP contribution in [0.4, 0.5) is 5.69 Å². The zero-order chi connectivity index (χ0) is 19.1. The topological polar surface area (TPSA) is 94.1 Å². The molecule has 0 bridgehead atoms. The van der Waals surface area contributed by atoms with Crippen molar-refractivity contribution in [2.24, 2.45) is 0 Å². The Morgan fingerprint density at radius 3 is 2.63 bits per heavy atom. The predicted octanol–water partition coefficient (Wildman–Crippen LogP) is 2.96. The number of carboxylic acids is 1. The van der Waals surface area contributed by atoms with E-state index >= 15 is 0 Å². The fraction of sp³-hybridized carbons (Fsp3) is 0.300. The second-order valence-corrected chi connectivity index (χ2v) is 6.13. The molecule has 1 saturated heterocycles. The molecule has 2 aromatic rings. The minimum Gasteiger partial charge on any atom is -0.491 e. The maximum atomic E-state index is 12.4. The molecule has 1 aliphatic rings. The Balaban J connectivity index is 1.54. The highest BCUT2D eigenvalue weighted by atomic mass is 16.5. The molecule has 1 fully saturated rings. The molecule has 2 aromatic carbocycles. The summed E-state index contributed by atoms with van der Waals surface area (Å²) in [4.78, 5) is 22.9. The van der Waals surface area contributed by atoms with Crippen LogP contribution < -0.4 is 14.8 Å². The quantitative estimate of drug-likeness (QED) is 0.741. The highest BCUT2D eigenvalue weighted by molar-refractivity contribution is 6.04. The normalized spacial score (nSPS) is 15.9. The standard InChI is InChI=1S/C20H21NO6/c22-19(23)13-27-17-4-1-3-15(11-17)21-20(24)14-6-8-16(9-7-14)26-12-18-5-2-10-25-18/h1,3-4,6-9,11,18H,2,5,10,12-13H2,(H,21,24)(H,22,23). The molecule has 0 aliphatic carbocycles. The van der Waals surface area contributed by atoms with Crippen LogP contribution in [-0.4, -0.2) is 42.9 Å². The van der Waals surface area contributed by atoms with Gasteiger partial charge in [0.25, 0.3) is 5.91 Å². The van der Waals surface area contributed by atoms with Crippen LogP contribution in [0, 0.1) is 0 Å². The summed E-state index contributed by atoms with van der Waals surface area (Å²) in [6.07, 6.45) is 2.22. The number of nitrogens with one attached hydrogen (secondary N) is 1. The molecular weight excluding hydrogens is 350 g/mol. The van der Waals surface area contributed by atoms with Gasteiger partial charge in [0.15, 0.2) is 6.61 Å². The Hall–Kier alpha value is -3.06. The molecule has 0 saturated carbocycles. The molecule has 1 heterocycles. The molecule has 0 radical (unpaired) electrons. The van der Waals surface area contributed by atoms with E-state index < -0.39 is 12.6 Å². The van der Waals surface area contributed by atoms with Crippen molar-refractivity contribution < 1.29 is 28.9 Å². The van der Waals surface area contributed by atoms with Gasteiger partial charge in [0.2, 0.25) is 0 Å². The minimum atomic E-state index is -1.06. The van der Waals surface area contributed by atoms with E-state index in [-0.39, 0.29) is 12.0 Å². The summed E-state index contributed by atoms with van der Waals surface area (Å²) in [6.45, 7) is 0.856. The monoisotopic (exact) mass is 371 g/mol. The van der Waals surface area contributed by atoms with Gasteiger partial charge in [0, 0.05) is 23.9 Å². The molecule has 27 heavy (non-hydrogen) atoms. The number of rotatable bonds is 8. The van der Waals surface area contributed by atoms with Gasteiger partial charge in [-0.3, -0.25) is 4.79 Å². The van der Waals surface area contributed by atoms with Crippen LogP contribution in [0.25, 0.3) is 0 Å². The first-order valence-corrected chi connectivity index (χ1v) is 8.70. The number of hydrogen-bond acceptors (Lipinski definition) is 5.